The van der Waals surface area contributed by atoms with E-state index in [2.05, 4.69) is 20.8 Å². The van der Waals surface area contributed by atoms with Gasteiger partial charge in [-0.3, -0.25) is 19.5 Å². The van der Waals surface area contributed by atoms with Crippen molar-refractivity contribution >= 4 is 46.1 Å². The molecule has 1 aliphatic rings. The molecule has 4 N–H and O–H groups in total. The number of anilines is 1. The van der Waals surface area contributed by atoms with Gasteiger partial charge >= 0.3 is 18.2 Å². The summed E-state index contributed by atoms with van der Waals surface area (Å²) in [4.78, 5) is 61.6. The molecule has 1 saturated carbocycles. The predicted octanol–water partition coefficient (Wildman–Crippen LogP) is 10.0. The van der Waals surface area contributed by atoms with Crippen LogP contribution in [-0.2, 0) is 30.3 Å². The van der Waals surface area contributed by atoms with Crippen LogP contribution in [0, 0.1) is 24.7 Å². The van der Waals surface area contributed by atoms with E-state index < -0.39 is 29.8 Å². The first kappa shape index (κ1) is 49.1. The number of halogens is 3. The van der Waals surface area contributed by atoms with E-state index in [4.69, 9.17) is 19.4 Å². The molecule has 62 heavy (non-hydrogen) atoms. The highest BCUT2D eigenvalue weighted by Crippen LogP contribution is 2.32. The Labute approximate surface area is 360 Å². The van der Waals surface area contributed by atoms with E-state index in [-0.39, 0.29) is 41.3 Å². The number of carboxylic acid groups (broad SMARTS) is 1. The number of aromatic amines is 1. The molecule has 15 heteroatoms. The number of hydrogen-bond donors (Lipinski definition) is 4. The Morgan fingerprint density at radius 3 is 2.15 bits per heavy atom. The number of carbonyl (C=O) groups excluding carboxylic acids is 4. The summed E-state index contributed by atoms with van der Waals surface area (Å²) in [6.07, 6.45) is 1.01. The number of alkyl halides is 3. The van der Waals surface area contributed by atoms with E-state index in [1.54, 1.807) is 6.20 Å². The van der Waals surface area contributed by atoms with Gasteiger partial charge in [-0.2, -0.15) is 18.3 Å². The molecule has 0 unspecified atom stereocenters. The number of nitrogens with zero attached hydrogens (tertiary/aromatic N) is 1. The van der Waals surface area contributed by atoms with Crippen molar-refractivity contribution in [3.63, 3.8) is 0 Å². The number of aryl methyl sites for hydroxylation is 1. The van der Waals surface area contributed by atoms with Gasteiger partial charge in [0.1, 0.15) is 11.4 Å². The fourth-order valence-corrected chi connectivity index (χ4v) is 7.18. The molecule has 2 amide bonds. The van der Waals surface area contributed by atoms with Crippen molar-refractivity contribution in [2.24, 2.45) is 17.8 Å². The van der Waals surface area contributed by atoms with Crippen LogP contribution in [0.4, 0.5) is 23.7 Å². The average molecular weight is 865 g/mol. The fraction of sp³-hybridized carbons (Fsp3) is 0.489. The highest BCUT2D eigenvalue weighted by atomic mass is 19.4. The summed E-state index contributed by atoms with van der Waals surface area (Å²) < 4.78 is 42.9. The molecule has 0 spiro atoms. The molecule has 1 aromatic heterocycles. The zero-order chi connectivity index (χ0) is 45.8. The molecule has 1 fully saturated rings. The smallest absolute Gasteiger partial charge is 0.475 e. The lowest BCUT2D eigenvalue weighted by Crippen LogP contribution is -2.37. The summed E-state index contributed by atoms with van der Waals surface area (Å²) in [5.74, 6) is -3.15. The van der Waals surface area contributed by atoms with Crippen molar-refractivity contribution in [2.45, 2.75) is 117 Å². The van der Waals surface area contributed by atoms with Crippen molar-refractivity contribution in [3.05, 3.63) is 83.6 Å². The van der Waals surface area contributed by atoms with Crippen LogP contribution in [0.1, 0.15) is 108 Å². The monoisotopic (exact) mass is 864 g/mol. The Morgan fingerprint density at radius 2 is 1.55 bits per heavy atom. The number of benzene rings is 3. The minimum Gasteiger partial charge on any atom is -0.475 e. The second-order valence-corrected chi connectivity index (χ2v) is 17.9. The van der Waals surface area contributed by atoms with Crippen LogP contribution in [0.25, 0.3) is 22.0 Å². The Bertz CT molecular complexity index is 2160. The summed E-state index contributed by atoms with van der Waals surface area (Å²) in [6.45, 7) is 14.6. The molecular weight excluding hydrogens is 806 g/mol. The SMILES string of the molecule is Cc1cc(C(=O)CCCOC(C)(C)C)ccc1-c1ccc(C[C@H](CC(=O)C2CCC(CNC(=O)OC(C)(C)C)CC2)C(=O)Nc2ccc3cn[nH]c3c2)cc1.O=C(O)C(F)(F)F. The first-order valence-electron chi connectivity index (χ1n) is 20.9. The van der Waals surface area contributed by atoms with E-state index >= 15 is 0 Å². The average Bonchev–Trinajstić information content (AvgIpc) is 3.66. The number of hydrogen-bond acceptors (Lipinski definition) is 8. The summed E-state index contributed by atoms with van der Waals surface area (Å²) in [5.41, 5.74) is 5.41. The molecule has 5 rings (SSSR count). The van der Waals surface area contributed by atoms with Crippen molar-refractivity contribution < 1.29 is 51.7 Å². The summed E-state index contributed by atoms with van der Waals surface area (Å²) in [6, 6.07) is 19.6. The first-order valence-corrected chi connectivity index (χ1v) is 20.9. The molecule has 4 aromatic rings. The third-order valence-corrected chi connectivity index (χ3v) is 10.4. The van der Waals surface area contributed by atoms with Crippen molar-refractivity contribution in [3.8, 4) is 11.1 Å². The topological polar surface area (TPSA) is 177 Å². The Kier molecular flexibility index (Phi) is 17.0. The van der Waals surface area contributed by atoms with Crippen molar-refractivity contribution in [1.82, 2.24) is 15.5 Å². The van der Waals surface area contributed by atoms with Gasteiger partial charge in [0.25, 0.3) is 0 Å². The maximum Gasteiger partial charge on any atom is 0.490 e. The molecule has 3 aromatic carbocycles. The molecular formula is C47H59F3N4O8. The van der Waals surface area contributed by atoms with Crippen molar-refractivity contribution in [2.75, 3.05) is 18.5 Å². The Hall–Kier alpha value is -5.57. The molecule has 0 aliphatic heterocycles. The van der Waals surface area contributed by atoms with Gasteiger partial charge in [0.2, 0.25) is 5.91 Å². The van der Waals surface area contributed by atoms with E-state index in [1.807, 2.05) is 109 Å². The van der Waals surface area contributed by atoms with Gasteiger partial charge in [-0.25, -0.2) is 9.59 Å². The predicted molar refractivity (Wildman–Crippen MR) is 231 cm³/mol. The summed E-state index contributed by atoms with van der Waals surface area (Å²) >= 11 is 0. The van der Waals surface area contributed by atoms with Crippen LogP contribution < -0.4 is 10.6 Å². The van der Waals surface area contributed by atoms with Crippen LogP contribution in [0.5, 0.6) is 0 Å². The summed E-state index contributed by atoms with van der Waals surface area (Å²) in [5, 5.41) is 21.0. The quantitative estimate of drug-likeness (QED) is 0.0669. The van der Waals surface area contributed by atoms with Gasteiger partial charge in [0.05, 0.1) is 17.3 Å². The number of carbonyl (C=O) groups is 5. The summed E-state index contributed by atoms with van der Waals surface area (Å²) in [7, 11) is 0. The van der Waals surface area contributed by atoms with Crippen LogP contribution >= 0.6 is 0 Å². The molecule has 336 valence electrons. The molecule has 0 bridgehead atoms. The molecule has 0 radical (unpaired) electrons. The largest absolute Gasteiger partial charge is 0.490 e. The fourth-order valence-electron chi connectivity index (χ4n) is 7.18. The van der Waals surface area contributed by atoms with Crippen molar-refractivity contribution in [1.29, 1.82) is 0 Å². The lowest BCUT2D eigenvalue weighted by atomic mass is 9.77. The molecule has 0 saturated heterocycles. The maximum atomic E-state index is 13.9. The van der Waals surface area contributed by atoms with Gasteiger partial charge in [-0.05, 0) is 139 Å². The lowest BCUT2D eigenvalue weighted by molar-refractivity contribution is -0.192. The van der Waals surface area contributed by atoms with Gasteiger partial charge < -0.3 is 25.2 Å². The molecule has 1 atom stereocenters. The Balaban J connectivity index is 0.00000111. The van der Waals surface area contributed by atoms with E-state index in [0.717, 1.165) is 58.8 Å². The van der Waals surface area contributed by atoms with Crippen LogP contribution in [-0.4, -0.2) is 75.4 Å². The number of amides is 2. The zero-order valence-electron chi connectivity index (χ0n) is 36.5. The minimum atomic E-state index is -5.08. The lowest BCUT2D eigenvalue weighted by Gasteiger charge is -2.29. The van der Waals surface area contributed by atoms with E-state index in [1.165, 1.54) is 0 Å². The molecule has 12 nitrogen and oxygen atoms in total. The Morgan fingerprint density at radius 1 is 0.887 bits per heavy atom. The maximum absolute atomic E-state index is 13.9. The second-order valence-electron chi connectivity index (χ2n) is 17.9. The van der Waals surface area contributed by atoms with E-state index in [9.17, 15) is 32.3 Å². The number of nitrogens with one attached hydrogen (secondary N) is 3. The number of ketones is 2. The van der Waals surface area contributed by atoms with Crippen LogP contribution in [0.3, 0.4) is 0 Å². The number of Topliss-reactive ketones (excluding diaryl/α,β-unsaturated/α-hetero) is 2. The second kappa shape index (κ2) is 21.5. The normalized spacial score (nSPS) is 16.1. The van der Waals surface area contributed by atoms with Gasteiger partial charge in [-0.1, -0.05) is 36.4 Å². The number of ether oxygens (including phenoxy) is 2. The number of rotatable bonds is 15. The van der Waals surface area contributed by atoms with Crippen LogP contribution in [0.2, 0.25) is 0 Å². The third-order valence-electron chi connectivity index (χ3n) is 10.4. The number of fused-ring (bicyclic) bond motifs is 1. The standard InChI is InChI=1S/C45H58N4O6.C2HF3O2/c1-29-23-34(40(50)9-8-22-54-44(2,3)4)19-21-38(29)32-14-10-30(11-15-32)24-36(42(52)48-37-20-18-35-28-47-49-39(35)26-37)25-41(51)33-16-12-31(13-17-33)27-46-43(53)55-45(5,6)7;3-2(4,5)1(6)7/h10-11,14-15,18-21,23,26,28,31,33,36H,8-9,12-13,16-17,22,24-25,27H2,1-7H3,(H,46,53)(H,47,49)(H,48,52);(H,6,7)/t31?,33?,36-;/m1./s1. The van der Waals surface area contributed by atoms with Gasteiger partial charge in [0, 0.05) is 54.5 Å². The molecule has 1 heterocycles. The number of aromatic nitrogens is 2. The zero-order valence-corrected chi connectivity index (χ0v) is 36.5. The highest BCUT2D eigenvalue weighted by Gasteiger charge is 2.38. The number of aliphatic carboxylic acids is 1. The van der Waals surface area contributed by atoms with Gasteiger partial charge in [-0.15, -0.1) is 0 Å². The van der Waals surface area contributed by atoms with E-state index in [0.29, 0.717) is 43.7 Å². The number of alkyl carbamates (subject to hydrolysis) is 1. The third kappa shape index (κ3) is 16.0. The number of H-pyrrole nitrogens is 1. The first-order chi connectivity index (χ1) is 29.0. The minimum absolute atomic E-state index is 0.103. The highest BCUT2D eigenvalue weighted by molar-refractivity contribution is 5.98. The van der Waals surface area contributed by atoms with Gasteiger partial charge in [0.15, 0.2) is 5.78 Å². The number of carboxylic acids is 1. The molecule has 1 aliphatic carbocycles. The van der Waals surface area contributed by atoms with Crippen LogP contribution in [0.15, 0.2) is 66.9 Å².